The van der Waals surface area contributed by atoms with E-state index in [2.05, 4.69) is 15.5 Å². The molecule has 1 heterocycles. The van der Waals surface area contributed by atoms with Gasteiger partial charge in [0.05, 0.1) is 6.54 Å². The lowest BCUT2D eigenvalue weighted by molar-refractivity contribution is -0.123. The topological polar surface area (TPSA) is 64.7 Å². The Labute approximate surface area is 164 Å². The summed E-state index contributed by atoms with van der Waals surface area (Å²) in [4.78, 5) is 28.9. The van der Waals surface area contributed by atoms with Crippen molar-refractivity contribution in [3.05, 3.63) is 0 Å². The molecular weight excluding hydrogens is 340 g/mol. The van der Waals surface area contributed by atoms with E-state index < -0.39 is 0 Å². The van der Waals surface area contributed by atoms with Crippen LogP contribution in [-0.4, -0.2) is 66.5 Å². The molecule has 1 saturated heterocycles. The fourth-order valence-corrected chi connectivity index (χ4v) is 5.17. The average molecular weight is 379 g/mol. The highest BCUT2D eigenvalue weighted by atomic mass is 16.2. The normalized spacial score (nSPS) is 22.7. The van der Waals surface area contributed by atoms with E-state index in [-0.39, 0.29) is 18.0 Å². The van der Waals surface area contributed by atoms with E-state index in [9.17, 15) is 9.59 Å². The molecule has 1 aliphatic heterocycles. The van der Waals surface area contributed by atoms with Crippen molar-refractivity contribution in [3.63, 3.8) is 0 Å². The second-order valence-electron chi connectivity index (χ2n) is 9.05. The number of hydrogen-bond donors (Lipinski definition) is 2. The van der Waals surface area contributed by atoms with Crippen molar-refractivity contribution in [1.82, 2.24) is 20.4 Å². The minimum Gasteiger partial charge on any atom is -0.353 e. The third-order valence-corrected chi connectivity index (χ3v) is 6.58. The zero-order chi connectivity index (χ0) is 19.2. The van der Waals surface area contributed by atoms with Crippen molar-refractivity contribution in [2.75, 3.05) is 32.7 Å². The third kappa shape index (κ3) is 5.84. The number of urea groups is 1. The van der Waals surface area contributed by atoms with Gasteiger partial charge in [-0.3, -0.25) is 9.69 Å². The molecule has 3 amide bonds. The molecule has 0 unspecified atom stereocenters. The van der Waals surface area contributed by atoms with Crippen LogP contribution < -0.4 is 10.6 Å². The highest BCUT2D eigenvalue weighted by molar-refractivity contribution is 5.78. The van der Waals surface area contributed by atoms with Gasteiger partial charge in [0.25, 0.3) is 0 Å². The van der Waals surface area contributed by atoms with Gasteiger partial charge in [-0.2, -0.15) is 0 Å². The molecule has 0 aromatic carbocycles. The van der Waals surface area contributed by atoms with E-state index in [0.717, 1.165) is 13.1 Å². The predicted octanol–water partition coefficient (Wildman–Crippen LogP) is 2.59. The van der Waals surface area contributed by atoms with Crippen LogP contribution in [0.15, 0.2) is 0 Å². The highest BCUT2D eigenvalue weighted by Gasteiger charge is 2.35. The Morgan fingerprint density at radius 2 is 1.37 bits per heavy atom. The summed E-state index contributed by atoms with van der Waals surface area (Å²) in [5.41, 5.74) is 0. The Morgan fingerprint density at radius 3 is 1.85 bits per heavy atom. The van der Waals surface area contributed by atoms with Gasteiger partial charge >= 0.3 is 6.03 Å². The van der Waals surface area contributed by atoms with Crippen LogP contribution in [0, 0.1) is 11.8 Å². The molecule has 2 N–H and O–H groups in total. The Kier molecular flexibility index (Phi) is 7.39. The first kappa shape index (κ1) is 20.4. The lowest BCUT2D eigenvalue weighted by Gasteiger charge is -2.37. The first-order chi connectivity index (χ1) is 13.0. The van der Waals surface area contributed by atoms with E-state index in [0.29, 0.717) is 37.5 Å². The van der Waals surface area contributed by atoms with Crippen molar-refractivity contribution < 1.29 is 9.59 Å². The molecular formula is C21H38N4O2. The Hall–Kier alpha value is -1.30. The smallest absolute Gasteiger partial charge is 0.317 e. The van der Waals surface area contributed by atoms with E-state index in [1.54, 1.807) is 0 Å². The summed E-state index contributed by atoms with van der Waals surface area (Å²) < 4.78 is 0. The summed E-state index contributed by atoms with van der Waals surface area (Å²) in [5.74, 6) is 1.43. The van der Waals surface area contributed by atoms with E-state index in [1.807, 2.05) is 18.7 Å². The summed E-state index contributed by atoms with van der Waals surface area (Å²) in [7, 11) is 0. The van der Waals surface area contributed by atoms with Crippen LogP contribution in [0.5, 0.6) is 0 Å². The summed E-state index contributed by atoms with van der Waals surface area (Å²) in [5, 5.41) is 6.38. The third-order valence-electron chi connectivity index (χ3n) is 6.58. The van der Waals surface area contributed by atoms with Crippen LogP contribution >= 0.6 is 0 Å². The van der Waals surface area contributed by atoms with E-state index >= 15 is 0 Å². The maximum absolute atomic E-state index is 12.9. The molecule has 0 bridgehead atoms. The molecule has 0 aromatic rings. The number of carbonyl (C=O) groups excluding carboxylic acids is 2. The SMILES string of the molecule is CC(C)NC(=O)CN1CCN(C(=O)NC(C2CCCC2)C2CCCC2)CC1. The van der Waals surface area contributed by atoms with Gasteiger partial charge in [0, 0.05) is 38.3 Å². The second kappa shape index (κ2) is 9.76. The number of piperazine rings is 1. The molecule has 2 saturated carbocycles. The Bertz CT molecular complexity index is 474. The first-order valence-electron chi connectivity index (χ1n) is 11.1. The van der Waals surface area contributed by atoms with Crippen molar-refractivity contribution in [1.29, 1.82) is 0 Å². The minimum absolute atomic E-state index is 0.0745. The number of nitrogens with zero attached hydrogens (tertiary/aromatic N) is 2. The van der Waals surface area contributed by atoms with Crippen LogP contribution in [0.1, 0.15) is 65.2 Å². The maximum Gasteiger partial charge on any atom is 0.317 e. The van der Waals surface area contributed by atoms with Crippen molar-refractivity contribution in [2.24, 2.45) is 11.8 Å². The lowest BCUT2D eigenvalue weighted by atomic mass is 9.86. The first-order valence-corrected chi connectivity index (χ1v) is 11.1. The van der Waals surface area contributed by atoms with Crippen LogP contribution in [0.2, 0.25) is 0 Å². The second-order valence-corrected chi connectivity index (χ2v) is 9.05. The fraction of sp³-hybridized carbons (Fsp3) is 0.905. The predicted molar refractivity (Wildman–Crippen MR) is 108 cm³/mol. The number of carbonyl (C=O) groups is 2. The zero-order valence-corrected chi connectivity index (χ0v) is 17.2. The monoisotopic (exact) mass is 378 g/mol. The maximum atomic E-state index is 12.9. The average Bonchev–Trinajstić information content (AvgIpc) is 3.33. The molecule has 6 heteroatoms. The minimum atomic E-state index is 0.0745. The Balaban J connectivity index is 1.47. The molecule has 3 rings (SSSR count). The van der Waals surface area contributed by atoms with Gasteiger partial charge in [-0.1, -0.05) is 25.7 Å². The molecule has 3 fully saturated rings. The summed E-state index contributed by atoms with van der Waals surface area (Å²) >= 11 is 0. The molecule has 3 aliphatic rings. The van der Waals surface area contributed by atoms with Gasteiger partial charge in [-0.05, 0) is 51.4 Å². The van der Waals surface area contributed by atoms with E-state index in [1.165, 1.54) is 51.4 Å². The number of hydrogen-bond acceptors (Lipinski definition) is 3. The largest absolute Gasteiger partial charge is 0.353 e. The van der Waals surface area contributed by atoms with Crippen LogP contribution in [-0.2, 0) is 4.79 Å². The van der Waals surface area contributed by atoms with Gasteiger partial charge < -0.3 is 15.5 Å². The van der Waals surface area contributed by atoms with Crippen LogP contribution in [0.4, 0.5) is 4.79 Å². The van der Waals surface area contributed by atoms with Crippen molar-refractivity contribution >= 4 is 11.9 Å². The quantitative estimate of drug-likeness (QED) is 0.747. The summed E-state index contributed by atoms with van der Waals surface area (Å²) in [6, 6.07) is 0.662. The number of nitrogens with one attached hydrogen (secondary N) is 2. The zero-order valence-electron chi connectivity index (χ0n) is 17.2. The van der Waals surface area contributed by atoms with Gasteiger partial charge in [0.1, 0.15) is 0 Å². The number of rotatable bonds is 6. The van der Waals surface area contributed by atoms with Crippen molar-refractivity contribution in [2.45, 2.75) is 77.3 Å². The molecule has 2 aliphatic carbocycles. The van der Waals surface area contributed by atoms with Gasteiger partial charge in [0.15, 0.2) is 0 Å². The molecule has 0 aromatic heterocycles. The molecule has 0 radical (unpaired) electrons. The lowest BCUT2D eigenvalue weighted by Crippen LogP contribution is -2.56. The summed E-state index contributed by atoms with van der Waals surface area (Å²) in [6.07, 6.45) is 10.4. The number of amides is 3. The molecule has 0 spiro atoms. The van der Waals surface area contributed by atoms with Crippen LogP contribution in [0.25, 0.3) is 0 Å². The molecule has 27 heavy (non-hydrogen) atoms. The van der Waals surface area contributed by atoms with E-state index in [4.69, 9.17) is 0 Å². The Morgan fingerprint density at radius 1 is 0.852 bits per heavy atom. The molecule has 6 nitrogen and oxygen atoms in total. The highest BCUT2D eigenvalue weighted by Crippen LogP contribution is 2.37. The standard InChI is InChI=1S/C21H38N4O2/c1-16(2)22-19(26)15-24-11-13-25(14-12-24)21(27)23-20(17-7-3-4-8-17)18-9-5-6-10-18/h16-18,20H,3-15H2,1-2H3,(H,22,26)(H,23,27). The summed E-state index contributed by atoms with van der Waals surface area (Å²) in [6.45, 7) is 7.36. The fourth-order valence-electron chi connectivity index (χ4n) is 5.17. The molecule has 154 valence electrons. The van der Waals surface area contributed by atoms with Gasteiger partial charge in [-0.25, -0.2) is 4.79 Å². The molecule has 0 atom stereocenters. The van der Waals surface area contributed by atoms with Gasteiger partial charge in [0.2, 0.25) is 5.91 Å². The van der Waals surface area contributed by atoms with Gasteiger partial charge in [-0.15, -0.1) is 0 Å². The van der Waals surface area contributed by atoms with Crippen LogP contribution in [0.3, 0.4) is 0 Å². The van der Waals surface area contributed by atoms with Crippen molar-refractivity contribution in [3.8, 4) is 0 Å².